The van der Waals surface area contributed by atoms with Crippen molar-refractivity contribution in [3.05, 3.63) is 24.5 Å². The predicted molar refractivity (Wildman–Crippen MR) is 89.5 cm³/mol. The highest BCUT2D eigenvalue weighted by atomic mass is 32.2. The number of alkyl halides is 1. The van der Waals surface area contributed by atoms with Crippen LogP contribution in [-0.2, 0) is 0 Å². The van der Waals surface area contributed by atoms with Crippen LogP contribution in [0.25, 0.3) is 10.9 Å². The number of anilines is 1. The minimum absolute atomic E-state index is 0.473. The number of thioether (sulfide) groups is 1. The molecule has 0 atom stereocenters. The van der Waals surface area contributed by atoms with Crippen molar-refractivity contribution in [3.8, 4) is 5.75 Å². The van der Waals surface area contributed by atoms with Crippen LogP contribution in [0.3, 0.4) is 0 Å². The van der Waals surface area contributed by atoms with Gasteiger partial charge >= 0.3 is 0 Å². The van der Waals surface area contributed by atoms with E-state index in [4.69, 9.17) is 4.74 Å². The van der Waals surface area contributed by atoms with Crippen LogP contribution in [0.5, 0.6) is 5.75 Å². The highest BCUT2D eigenvalue weighted by Crippen LogP contribution is 2.32. The fourth-order valence-corrected chi connectivity index (χ4v) is 3.83. The highest BCUT2D eigenvalue weighted by molar-refractivity contribution is 7.98. The van der Waals surface area contributed by atoms with E-state index in [-0.39, 0.29) is 0 Å². The molecule has 1 saturated heterocycles. The van der Waals surface area contributed by atoms with Crippen molar-refractivity contribution in [3.63, 3.8) is 0 Å². The standard InChI is InChI=1S/C16H20FN3OS/c1-22-9-12-5-7-20(8-6-12)16-13-3-2-4-14(21-10-17)15(13)18-11-19-16/h2-4,11-12H,5-10H2,1H3. The summed E-state index contributed by atoms with van der Waals surface area (Å²) < 4.78 is 17.5. The van der Waals surface area contributed by atoms with E-state index in [1.807, 2.05) is 23.9 Å². The van der Waals surface area contributed by atoms with E-state index in [1.165, 1.54) is 24.9 Å². The first-order chi connectivity index (χ1) is 10.8. The van der Waals surface area contributed by atoms with Crippen LogP contribution in [0.4, 0.5) is 10.2 Å². The van der Waals surface area contributed by atoms with E-state index >= 15 is 0 Å². The van der Waals surface area contributed by atoms with Crippen molar-refractivity contribution in [2.24, 2.45) is 5.92 Å². The minimum atomic E-state index is -0.849. The van der Waals surface area contributed by atoms with E-state index in [0.717, 1.165) is 30.2 Å². The molecule has 4 nitrogen and oxygen atoms in total. The quantitative estimate of drug-likeness (QED) is 0.842. The van der Waals surface area contributed by atoms with Crippen molar-refractivity contribution in [2.45, 2.75) is 12.8 Å². The van der Waals surface area contributed by atoms with Gasteiger partial charge in [-0.05, 0) is 42.9 Å². The van der Waals surface area contributed by atoms with Gasteiger partial charge in [-0.2, -0.15) is 11.8 Å². The van der Waals surface area contributed by atoms with Gasteiger partial charge in [0.05, 0.1) is 0 Å². The molecule has 22 heavy (non-hydrogen) atoms. The molecule has 0 saturated carbocycles. The summed E-state index contributed by atoms with van der Waals surface area (Å²) in [5.41, 5.74) is 0.677. The summed E-state index contributed by atoms with van der Waals surface area (Å²) in [4.78, 5) is 11.0. The maximum Gasteiger partial charge on any atom is 0.228 e. The number of nitrogens with zero attached hydrogens (tertiary/aromatic N) is 3. The zero-order chi connectivity index (χ0) is 15.4. The number of halogens is 1. The molecule has 6 heteroatoms. The Bertz CT molecular complexity index is 632. The lowest BCUT2D eigenvalue weighted by Gasteiger charge is -2.33. The van der Waals surface area contributed by atoms with Crippen molar-refractivity contribution in [1.82, 2.24) is 9.97 Å². The van der Waals surface area contributed by atoms with Crippen LogP contribution in [-0.4, -0.2) is 41.9 Å². The normalized spacial score (nSPS) is 16.2. The monoisotopic (exact) mass is 321 g/mol. The van der Waals surface area contributed by atoms with Crippen LogP contribution in [0, 0.1) is 5.92 Å². The van der Waals surface area contributed by atoms with Gasteiger partial charge in [-0.3, -0.25) is 0 Å². The van der Waals surface area contributed by atoms with Gasteiger partial charge in [0.25, 0.3) is 0 Å². The molecule has 1 aliphatic rings. The first-order valence-corrected chi connectivity index (χ1v) is 8.89. The number of piperidine rings is 1. The number of fused-ring (bicyclic) bond motifs is 1. The second kappa shape index (κ2) is 7.13. The van der Waals surface area contributed by atoms with Crippen molar-refractivity contribution >= 4 is 28.5 Å². The molecule has 0 N–H and O–H groups in total. The molecule has 2 aromatic rings. The zero-order valence-electron chi connectivity index (χ0n) is 12.7. The van der Waals surface area contributed by atoms with Gasteiger partial charge in [0, 0.05) is 18.5 Å². The van der Waals surface area contributed by atoms with Gasteiger partial charge in [-0.15, -0.1) is 0 Å². The van der Waals surface area contributed by atoms with E-state index in [9.17, 15) is 4.39 Å². The Labute approximate surface area is 134 Å². The summed E-state index contributed by atoms with van der Waals surface area (Å²) in [6, 6.07) is 5.58. The SMILES string of the molecule is CSCC1CCN(c2ncnc3c(OCF)cccc23)CC1. The molecular weight excluding hydrogens is 301 g/mol. The third-order valence-electron chi connectivity index (χ3n) is 4.13. The molecule has 1 aromatic heterocycles. The lowest BCUT2D eigenvalue weighted by molar-refractivity contribution is 0.193. The Kier molecular flexibility index (Phi) is 4.97. The zero-order valence-corrected chi connectivity index (χ0v) is 13.5. The molecule has 3 rings (SSSR count). The summed E-state index contributed by atoms with van der Waals surface area (Å²) in [5, 5.41) is 0.928. The van der Waals surface area contributed by atoms with E-state index in [1.54, 1.807) is 6.07 Å². The van der Waals surface area contributed by atoms with Gasteiger partial charge in [0.15, 0.2) is 0 Å². The predicted octanol–water partition coefficient (Wildman–Crippen LogP) is 3.52. The van der Waals surface area contributed by atoms with Gasteiger partial charge < -0.3 is 9.64 Å². The molecule has 1 fully saturated rings. The molecule has 0 bridgehead atoms. The van der Waals surface area contributed by atoms with Gasteiger partial charge in [0.2, 0.25) is 6.86 Å². The summed E-state index contributed by atoms with van der Waals surface area (Å²) in [6.07, 6.45) is 6.08. The highest BCUT2D eigenvalue weighted by Gasteiger charge is 2.21. The molecule has 2 heterocycles. The Balaban J connectivity index is 1.87. The smallest absolute Gasteiger partial charge is 0.228 e. The third-order valence-corrected chi connectivity index (χ3v) is 4.94. The molecule has 118 valence electrons. The number of rotatable bonds is 5. The van der Waals surface area contributed by atoms with E-state index in [2.05, 4.69) is 21.1 Å². The molecular formula is C16H20FN3OS. The number of benzene rings is 1. The molecule has 0 aliphatic carbocycles. The first kappa shape index (κ1) is 15.3. The maximum absolute atomic E-state index is 12.5. The molecule has 1 aromatic carbocycles. The first-order valence-electron chi connectivity index (χ1n) is 7.50. The number of ether oxygens (including phenoxy) is 1. The molecule has 1 aliphatic heterocycles. The van der Waals surface area contributed by atoms with Crippen LogP contribution >= 0.6 is 11.8 Å². The number of hydrogen-bond acceptors (Lipinski definition) is 5. The Morgan fingerprint density at radius 1 is 1.32 bits per heavy atom. The Morgan fingerprint density at radius 2 is 2.14 bits per heavy atom. The summed E-state index contributed by atoms with van der Waals surface area (Å²) in [7, 11) is 0. The maximum atomic E-state index is 12.5. The van der Waals surface area contributed by atoms with Crippen LogP contribution in [0.2, 0.25) is 0 Å². The topological polar surface area (TPSA) is 38.2 Å². The average Bonchev–Trinajstić information content (AvgIpc) is 2.56. The lowest BCUT2D eigenvalue weighted by atomic mass is 9.98. The van der Waals surface area contributed by atoms with Crippen molar-refractivity contribution in [2.75, 3.05) is 36.9 Å². The fourth-order valence-electron chi connectivity index (χ4n) is 3.02. The summed E-state index contributed by atoms with van der Waals surface area (Å²) in [6.45, 7) is 1.16. The number of hydrogen-bond donors (Lipinski definition) is 0. The second-order valence-electron chi connectivity index (χ2n) is 5.49. The van der Waals surface area contributed by atoms with Crippen LogP contribution in [0.15, 0.2) is 24.5 Å². The van der Waals surface area contributed by atoms with Gasteiger partial charge in [-0.1, -0.05) is 6.07 Å². The Hall–Kier alpha value is -1.56. The summed E-state index contributed by atoms with van der Waals surface area (Å²) >= 11 is 1.92. The van der Waals surface area contributed by atoms with Gasteiger partial charge in [-0.25, -0.2) is 14.4 Å². The van der Waals surface area contributed by atoms with E-state index < -0.39 is 6.86 Å². The number of para-hydroxylation sites is 1. The summed E-state index contributed by atoms with van der Waals surface area (Å²) in [5.74, 6) is 3.43. The van der Waals surface area contributed by atoms with Gasteiger partial charge in [0.1, 0.15) is 23.4 Å². The van der Waals surface area contributed by atoms with Crippen molar-refractivity contribution in [1.29, 1.82) is 0 Å². The van der Waals surface area contributed by atoms with E-state index in [0.29, 0.717) is 11.3 Å². The van der Waals surface area contributed by atoms with Crippen LogP contribution < -0.4 is 9.64 Å². The molecule has 0 radical (unpaired) electrons. The Morgan fingerprint density at radius 3 is 2.86 bits per heavy atom. The third kappa shape index (κ3) is 3.11. The molecule has 0 spiro atoms. The second-order valence-corrected chi connectivity index (χ2v) is 6.40. The number of aromatic nitrogens is 2. The fraction of sp³-hybridized carbons (Fsp3) is 0.500. The minimum Gasteiger partial charge on any atom is -0.461 e. The lowest BCUT2D eigenvalue weighted by Crippen LogP contribution is -2.35. The molecule has 0 unspecified atom stereocenters. The average molecular weight is 321 g/mol. The van der Waals surface area contributed by atoms with Crippen molar-refractivity contribution < 1.29 is 9.13 Å². The largest absolute Gasteiger partial charge is 0.461 e. The van der Waals surface area contributed by atoms with Crippen LogP contribution in [0.1, 0.15) is 12.8 Å². The molecule has 0 amide bonds.